The van der Waals surface area contributed by atoms with Gasteiger partial charge in [0.1, 0.15) is 5.69 Å². The lowest BCUT2D eigenvalue weighted by molar-refractivity contribution is -0.116. The predicted molar refractivity (Wildman–Crippen MR) is 83.1 cm³/mol. The fourth-order valence-electron chi connectivity index (χ4n) is 2.03. The average Bonchev–Trinajstić information content (AvgIpc) is 2.43. The van der Waals surface area contributed by atoms with Crippen LogP contribution in [0.1, 0.15) is 18.9 Å². The van der Waals surface area contributed by atoms with Crippen molar-refractivity contribution in [2.24, 2.45) is 5.73 Å². The van der Waals surface area contributed by atoms with Crippen LogP contribution >= 0.6 is 0 Å². The highest BCUT2D eigenvalue weighted by Gasteiger charge is 2.09. The van der Waals surface area contributed by atoms with Crippen molar-refractivity contribution in [2.45, 2.75) is 25.9 Å². The molecular weight excluding hydrogens is 266 g/mol. The van der Waals surface area contributed by atoms with Crippen molar-refractivity contribution < 1.29 is 4.79 Å². The van der Waals surface area contributed by atoms with Crippen LogP contribution in [-0.2, 0) is 11.3 Å². The van der Waals surface area contributed by atoms with E-state index in [-0.39, 0.29) is 29.6 Å². The van der Waals surface area contributed by atoms with Gasteiger partial charge < -0.3 is 15.6 Å². The summed E-state index contributed by atoms with van der Waals surface area (Å²) in [5.41, 5.74) is 6.65. The largest absolute Gasteiger partial charge is 0.327 e. The molecule has 0 aliphatic heterocycles. The summed E-state index contributed by atoms with van der Waals surface area (Å²) in [5.74, 6) is -0.250. The topological polar surface area (TPSA) is 77.1 Å². The van der Waals surface area contributed by atoms with Gasteiger partial charge in [-0.25, -0.2) is 0 Å². The molecule has 1 amide bonds. The number of carbonyl (C=O) groups excluding carboxylic acids is 1. The van der Waals surface area contributed by atoms with Crippen molar-refractivity contribution in [3.63, 3.8) is 0 Å². The maximum Gasteiger partial charge on any atom is 0.274 e. The van der Waals surface area contributed by atoms with E-state index in [1.165, 1.54) is 0 Å². The van der Waals surface area contributed by atoms with Crippen LogP contribution in [0.2, 0.25) is 0 Å². The van der Waals surface area contributed by atoms with Gasteiger partial charge >= 0.3 is 0 Å². The van der Waals surface area contributed by atoms with Crippen LogP contribution in [0, 0.1) is 0 Å². The molecule has 0 fully saturated rings. The zero-order valence-electron chi connectivity index (χ0n) is 12.0. The minimum Gasteiger partial charge on any atom is -0.327 e. The van der Waals surface area contributed by atoms with Crippen molar-refractivity contribution in [1.82, 2.24) is 4.57 Å². The number of carbonyl (C=O) groups is 1. The third-order valence-electron chi connectivity index (χ3n) is 3.00. The monoisotopic (exact) mass is 285 g/mol. The van der Waals surface area contributed by atoms with Gasteiger partial charge in [0.25, 0.3) is 5.56 Å². The highest BCUT2D eigenvalue weighted by atomic mass is 16.2. The van der Waals surface area contributed by atoms with Gasteiger partial charge in [0.2, 0.25) is 5.91 Å². The second kappa shape index (κ2) is 6.85. The van der Waals surface area contributed by atoms with E-state index in [4.69, 9.17) is 5.73 Å². The van der Waals surface area contributed by atoms with Crippen molar-refractivity contribution >= 4 is 11.6 Å². The summed E-state index contributed by atoms with van der Waals surface area (Å²) in [7, 11) is 0. The van der Waals surface area contributed by atoms with Gasteiger partial charge in [-0.2, -0.15) is 0 Å². The smallest absolute Gasteiger partial charge is 0.274 e. The van der Waals surface area contributed by atoms with Gasteiger partial charge in [-0.05, 0) is 24.6 Å². The summed E-state index contributed by atoms with van der Waals surface area (Å²) >= 11 is 0. The van der Waals surface area contributed by atoms with Gasteiger partial charge in [0.15, 0.2) is 0 Å². The van der Waals surface area contributed by atoms with Crippen molar-refractivity contribution in [3.8, 4) is 0 Å². The van der Waals surface area contributed by atoms with Gasteiger partial charge in [-0.3, -0.25) is 9.59 Å². The van der Waals surface area contributed by atoms with E-state index in [2.05, 4.69) is 5.32 Å². The van der Waals surface area contributed by atoms with E-state index in [1.807, 2.05) is 30.3 Å². The molecule has 0 bridgehead atoms. The highest BCUT2D eigenvalue weighted by Crippen LogP contribution is 2.04. The minimum absolute atomic E-state index is 0.188. The number of hydrogen-bond donors (Lipinski definition) is 2. The number of nitrogens with zero attached hydrogens (tertiary/aromatic N) is 1. The highest BCUT2D eigenvalue weighted by molar-refractivity contribution is 5.90. The van der Waals surface area contributed by atoms with Gasteiger partial charge in [0.05, 0.1) is 6.54 Å². The summed E-state index contributed by atoms with van der Waals surface area (Å²) in [5, 5.41) is 2.62. The Labute approximate surface area is 123 Å². The van der Waals surface area contributed by atoms with E-state index >= 15 is 0 Å². The molecule has 0 radical (unpaired) electrons. The molecule has 5 heteroatoms. The molecule has 1 unspecified atom stereocenters. The molecule has 0 spiro atoms. The Morgan fingerprint density at radius 3 is 2.62 bits per heavy atom. The van der Waals surface area contributed by atoms with Gasteiger partial charge in [-0.1, -0.05) is 30.3 Å². The van der Waals surface area contributed by atoms with E-state index < -0.39 is 0 Å². The number of aromatic nitrogens is 1. The van der Waals surface area contributed by atoms with Crippen LogP contribution in [0.3, 0.4) is 0 Å². The Bertz CT molecular complexity index is 663. The van der Waals surface area contributed by atoms with Gasteiger partial charge in [0, 0.05) is 18.7 Å². The number of benzene rings is 1. The van der Waals surface area contributed by atoms with Gasteiger partial charge in [-0.15, -0.1) is 0 Å². The summed E-state index contributed by atoms with van der Waals surface area (Å²) < 4.78 is 1.57. The number of anilines is 1. The lowest BCUT2D eigenvalue weighted by atomic mass is 10.2. The van der Waals surface area contributed by atoms with Crippen molar-refractivity contribution in [1.29, 1.82) is 0 Å². The molecule has 0 aliphatic rings. The van der Waals surface area contributed by atoms with Crippen LogP contribution in [0.5, 0.6) is 0 Å². The molecule has 2 rings (SSSR count). The quantitative estimate of drug-likeness (QED) is 0.875. The molecule has 21 heavy (non-hydrogen) atoms. The number of amides is 1. The van der Waals surface area contributed by atoms with Crippen LogP contribution < -0.4 is 16.6 Å². The summed E-state index contributed by atoms with van der Waals surface area (Å²) in [6.45, 7) is 2.22. The van der Waals surface area contributed by atoms with Crippen molar-refractivity contribution in [2.75, 3.05) is 5.32 Å². The lowest BCUT2D eigenvalue weighted by Crippen LogP contribution is -2.28. The van der Waals surface area contributed by atoms with Crippen LogP contribution in [0.4, 0.5) is 5.69 Å². The fraction of sp³-hybridized carbons (Fsp3) is 0.250. The molecule has 1 aromatic carbocycles. The molecular formula is C16H19N3O2. The molecule has 0 saturated carbocycles. The van der Waals surface area contributed by atoms with Crippen LogP contribution in [-0.4, -0.2) is 16.5 Å². The first kappa shape index (κ1) is 15.0. The zero-order valence-corrected chi connectivity index (χ0v) is 12.0. The number of rotatable bonds is 5. The Balaban J connectivity index is 2.17. The van der Waals surface area contributed by atoms with E-state index in [0.29, 0.717) is 6.54 Å². The number of pyridine rings is 1. The molecule has 3 N–H and O–H groups in total. The Morgan fingerprint density at radius 1 is 1.24 bits per heavy atom. The van der Waals surface area contributed by atoms with Crippen molar-refractivity contribution in [3.05, 3.63) is 64.6 Å². The van der Waals surface area contributed by atoms with E-state index in [1.54, 1.807) is 29.8 Å². The molecule has 1 heterocycles. The molecule has 2 aromatic rings. The Hall–Kier alpha value is -2.40. The molecule has 110 valence electrons. The first-order valence-electron chi connectivity index (χ1n) is 6.85. The fourth-order valence-corrected chi connectivity index (χ4v) is 2.03. The first-order chi connectivity index (χ1) is 10.1. The van der Waals surface area contributed by atoms with Crippen LogP contribution in [0.15, 0.2) is 53.5 Å². The number of hydrogen-bond acceptors (Lipinski definition) is 3. The summed E-state index contributed by atoms with van der Waals surface area (Å²) in [6, 6.07) is 12.8. The molecule has 5 nitrogen and oxygen atoms in total. The molecule has 0 saturated heterocycles. The third kappa shape index (κ3) is 4.29. The number of nitrogens with one attached hydrogen (secondary N) is 1. The Morgan fingerprint density at radius 2 is 1.95 bits per heavy atom. The van der Waals surface area contributed by atoms with E-state index in [9.17, 15) is 9.59 Å². The SMILES string of the molecule is CC(N)CC(=O)Nc1cccn(Cc2ccccc2)c1=O. The minimum atomic E-state index is -0.250. The predicted octanol–water partition coefficient (Wildman–Crippen LogP) is 1.57. The molecule has 1 atom stereocenters. The second-order valence-electron chi connectivity index (χ2n) is 5.07. The molecule has 1 aromatic heterocycles. The standard InChI is InChI=1S/C16H19N3O2/c1-12(17)10-15(20)18-14-8-5-9-19(16(14)21)11-13-6-3-2-4-7-13/h2-9,12H,10-11,17H2,1H3,(H,18,20). The summed E-state index contributed by atoms with van der Waals surface area (Å²) in [4.78, 5) is 24.0. The first-order valence-corrected chi connectivity index (χ1v) is 6.85. The zero-order chi connectivity index (χ0) is 15.2. The number of nitrogens with two attached hydrogens (primary N) is 1. The van der Waals surface area contributed by atoms with Crippen LogP contribution in [0.25, 0.3) is 0 Å². The lowest BCUT2D eigenvalue weighted by Gasteiger charge is -2.10. The third-order valence-corrected chi connectivity index (χ3v) is 3.00. The Kier molecular flexibility index (Phi) is 4.90. The van der Waals surface area contributed by atoms with E-state index in [0.717, 1.165) is 5.56 Å². The maximum atomic E-state index is 12.3. The molecule has 0 aliphatic carbocycles. The summed E-state index contributed by atoms with van der Waals surface area (Å²) in [6.07, 6.45) is 1.89. The average molecular weight is 285 g/mol. The maximum absolute atomic E-state index is 12.3. The second-order valence-corrected chi connectivity index (χ2v) is 5.07. The normalized spacial score (nSPS) is 11.9.